The molecule has 0 saturated heterocycles. The van der Waals surface area contributed by atoms with Crippen molar-refractivity contribution in [3.63, 3.8) is 0 Å². The van der Waals surface area contributed by atoms with Crippen LogP contribution >= 0.6 is 0 Å². The van der Waals surface area contributed by atoms with E-state index in [0.717, 1.165) is 5.57 Å². The maximum atomic E-state index is 10.8. The summed E-state index contributed by atoms with van der Waals surface area (Å²) in [7, 11) is 0. The second kappa shape index (κ2) is 4.75. The lowest BCUT2D eigenvalue weighted by Crippen LogP contribution is -2.45. The van der Waals surface area contributed by atoms with E-state index >= 15 is 0 Å². The van der Waals surface area contributed by atoms with Gasteiger partial charge in [-0.1, -0.05) is 26.0 Å². The molecular formula is C14H22O3. The Labute approximate surface area is 103 Å². The van der Waals surface area contributed by atoms with Crippen LogP contribution in [0.3, 0.4) is 0 Å². The van der Waals surface area contributed by atoms with Crippen LogP contribution in [0.25, 0.3) is 0 Å². The highest BCUT2D eigenvalue weighted by molar-refractivity contribution is 5.87. The van der Waals surface area contributed by atoms with Gasteiger partial charge >= 0.3 is 0 Å². The molecule has 0 aromatic heterocycles. The molecule has 0 aromatic rings. The van der Waals surface area contributed by atoms with Crippen LogP contribution in [-0.4, -0.2) is 27.7 Å². The minimum absolute atomic E-state index is 0.0184. The molecule has 17 heavy (non-hydrogen) atoms. The molecule has 0 aromatic carbocycles. The summed E-state index contributed by atoms with van der Waals surface area (Å²) in [6.45, 7) is 7.20. The zero-order valence-corrected chi connectivity index (χ0v) is 11.0. The highest BCUT2D eigenvalue weighted by atomic mass is 16.3. The molecule has 3 heteroatoms. The first-order valence-corrected chi connectivity index (χ1v) is 5.95. The van der Waals surface area contributed by atoms with E-state index in [9.17, 15) is 15.0 Å². The van der Waals surface area contributed by atoms with Gasteiger partial charge in [-0.3, -0.25) is 4.79 Å². The fourth-order valence-electron chi connectivity index (χ4n) is 2.75. The number of carbonyl (C=O) groups is 1. The van der Waals surface area contributed by atoms with Gasteiger partial charge in [0.05, 0.1) is 11.7 Å². The minimum atomic E-state index is -1.01. The van der Waals surface area contributed by atoms with Gasteiger partial charge in [0.2, 0.25) is 0 Å². The first kappa shape index (κ1) is 14.1. The largest absolute Gasteiger partial charge is 0.393 e. The molecule has 0 spiro atoms. The van der Waals surface area contributed by atoms with Crippen LogP contribution in [0, 0.1) is 5.41 Å². The van der Waals surface area contributed by atoms with Gasteiger partial charge in [-0.2, -0.15) is 0 Å². The van der Waals surface area contributed by atoms with E-state index in [1.807, 2.05) is 13.8 Å². The molecule has 0 heterocycles. The Morgan fingerprint density at radius 3 is 2.41 bits per heavy atom. The third-order valence-corrected chi connectivity index (χ3v) is 3.28. The Balaban J connectivity index is 3.04. The lowest BCUT2D eigenvalue weighted by Gasteiger charge is -2.45. The standard InChI is InChI=1S/C14H22O3/c1-10(15)6-5-7-12-13(2,3)8-11(16)9-14(12,4)17/h5-7,11,16-17H,8-9H2,1-4H3. The van der Waals surface area contributed by atoms with Crippen molar-refractivity contribution in [3.8, 4) is 0 Å². The number of carbonyl (C=O) groups excluding carboxylic acids is 1. The lowest BCUT2D eigenvalue weighted by atomic mass is 9.65. The zero-order chi connectivity index (χ0) is 13.3. The van der Waals surface area contributed by atoms with Crippen LogP contribution < -0.4 is 0 Å². The predicted molar refractivity (Wildman–Crippen MR) is 67.5 cm³/mol. The van der Waals surface area contributed by atoms with Crippen molar-refractivity contribution in [2.45, 2.75) is 52.2 Å². The van der Waals surface area contributed by atoms with Crippen molar-refractivity contribution in [2.24, 2.45) is 5.41 Å². The Morgan fingerprint density at radius 1 is 1.35 bits per heavy atom. The summed E-state index contributed by atoms with van der Waals surface area (Å²) in [4.78, 5) is 10.8. The maximum Gasteiger partial charge on any atom is 0.152 e. The molecule has 1 saturated carbocycles. The van der Waals surface area contributed by atoms with Gasteiger partial charge in [-0.15, -0.1) is 0 Å². The molecular weight excluding hydrogens is 216 g/mol. The SMILES string of the molecule is CC(=O)C=CC=C1C(C)(C)CC(O)CC1(C)O. The van der Waals surface area contributed by atoms with E-state index in [1.54, 1.807) is 19.1 Å². The second-order valence-electron chi connectivity index (χ2n) is 5.77. The topological polar surface area (TPSA) is 57.5 Å². The Bertz CT molecular complexity index is 342. The third-order valence-electron chi connectivity index (χ3n) is 3.28. The summed E-state index contributed by atoms with van der Waals surface area (Å²) >= 11 is 0. The van der Waals surface area contributed by atoms with Crippen molar-refractivity contribution in [1.82, 2.24) is 0 Å². The molecule has 2 unspecified atom stereocenters. The van der Waals surface area contributed by atoms with E-state index < -0.39 is 11.7 Å². The van der Waals surface area contributed by atoms with E-state index in [0.29, 0.717) is 12.8 Å². The van der Waals surface area contributed by atoms with Gasteiger partial charge in [0.15, 0.2) is 5.78 Å². The normalized spacial score (nSPS) is 35.4. The molecule has 0 bridgehead atoms. The Hall–Kier alpha value is -0.930. The Morgan fingerprint density at radius 2 is 1.94 bits per heavy atom. The van der Waals surface area contributed by atoms with Crippen molar-refractivity contribution >= 4 is 5.78 Å². The monoisotopic (exact) mass is 238 g/mol. The molecule has 1 aliphatic rings. The number of allylic oxidation sites excluding steroid dienone is 3. The first-order chi connectivity index (χ1) is 7.65. The summed E-state index contributed by atoms with van der Waals surface area (Å²) in [6, 6.07) is 0. The third kappa shape index (κ3) is 3.51. The number of rotatable bonds is 2. The van der Waals surface area contributed by atoms with E-state index in [1.165, 1.54) is 13.0 Å². The van der Waals surface area contributed by atoms with Crippen LogP contribution in [0.15, 0.2) is 23.8 Å². The van der Waals surface area contributed by atoms with Crippen molar-refractivity contribution < 1.29 is 15.0 Å². The summed E-state index contributed by atoms with van der Waals surface area (Å²) in [5, 5.41) is 20.1. The Kier molecular flexibility index (Phi) is 3.95. The molecule has 0 aliphatic heterocycles. The van der Waals surface area contributed by atoms with Crippen LogP contribution in [0.2, 0.25) is 0 Å². The number of hydrogen-bond acceptors (Lipinski definition) is 3. The number of ketones is 1. The summed E-state index contributed by atoms with van der Waals surface area (Å²) in [5.41, 5.74) is -0.405. The predicted octanol–water partition coefficient (Wildman–Crippen LogP) is 1.99. The van der Waals surface area contributed by atoms with Gasteiger partial charge in [0, 0.05) is 6.42 Å². The number of hydrogen-bond donors (Lipinski definition) is 2. The van der Waals surface area contributed by atoms with Crippen molar-refractivity contribution in [3.05, 3.63) is 23.8 Å². The van der Waals surface area contributed by atoms with Crippen LogP contribution in [0.1, 0.15) is 40.5 Å². The molecule has 2 N–H and O–H groups in total. The molecule has 0 radical (unpaired) electrons. The average Bonchev–Trinajstić information content (AvgIpc) is 2.06. The second-order valence-corrected chi connectivity index (χ2v) is 5.77. The van der Waals surface area contributed by atoms with Crippen LogP contribution in [0.4, 0.5) is 0 Å². The highest BCUT2D eigenvalue weighted by Gasteiger charge is 2.43. The van der Waals surface area contributed by atoms with E-state index in [2.05, 4.69) is 0 Å². The summed E-state index contributed by atoms with van der Waals surface area (Å²) < 4.78 is 0. The van der Waals surface area contributed by atoms with Gasteiger partial charge < -0.3 is 10.2 Å². The molecule has 1 fully saturated rings. The van der Waals surface area contributed by atoms with Gasteiger partial charge in [-0.05, 0) is 37.3 Å². The van der Waals surface area contributed by atoms with E-state index in [-0.39, 0.29) is 11.2 Å². The smallest absolute Gasteiger partial charge is 0.152 e. The quantitative estimate of drug-likeness (QED) is 0.723. The summed E-state index contributed by atoms with van der Waals surface area (Å²) in [5.74, 6) is -0.0184. The van der Waals surface area contributed by atoms with Crippen molar-refractivity contribution in [1.29, 1.82) is 0 Å². The van der Waals surface area contributed by atoms with Gasteiger partial charge in [0.25, 0.3) is 0 Å². The average molecular weight is 238 g/mol. The molecule has 1 rings (SSSR count). The van der Waals surface area contributed by atoms with Crippen LogP contribution in [0.5, 0.6) is 0 Å². The highest BCUT2D eigenvalue weighted by Crippen LogP contribution is 2.45. The lowest BCUT2D eigenvalue weighted by molar-refractivity contribution is -0.112. The van der Waals surface area contributed by atoms with Gasteiger partial charge in [0.1, 0.15) is 0 Å². The molecule has 2 atom stereocenters. The fraction of sp³-hybridized carbons (Fsp3) is 0.643. The number of aliphatic hydroxyl groups is 2. The summed E-state index contributed by atoms with van der Waals surface area (Å²) in [6.07, 6.45) is 5.44. The zero-order valence-electron chi connectivity index (χ0n) is 11.0. The van der Waals surface area contributed by atoms with Crippen LogP contribution in [-0.2, 0) is 4.79 Å². The molecule has 3 nitrogen and oxygen atoms in total. The van der Waals surface area contributed by atoms with Crippen molar-refractivity contribution in [2.75, 3.05) is 0 Å². The minimum Gasteiger partial charge on any atom is -0.393 e. The number of aliphatic hydroxyl groups excluding tert-OH is 1. The molecule has 0 amide bonds. The molecule has 96 valence electrons. The van der Waals surface area contributed by atoms with Gasteiger partial charge in [-0.25, -0.2) is 0 Å². The fourth-order valence-corrected chi connectivity index (χ4v) is 2.75. The van der Waals surface area contributed by atoms with E-state index in [4.69, 9.17) is 0 Å². The first-order valence-electron chi connectivity index (χ1n) is 5.95. The maximum absolute atomic E-state index is 10.8. The molecule has 1 aliphatic carbocycles.